The summed E-state index contributed by atoms with van der Waals surface area (Å²) in [6, 6.07) is 6.14. The van der Waals surface area contributed by atoms with Crippen LogP contribution in [0.25, 0.3) is 0 Å². The van der Waals surface area contributed by atoms with Gasteiger partial charge in [-0.05, 0) is 25.5 Å². The van der Waals surface area contributed by atoms with Gasteiger partial charge in [0.05, 0.1) is 18.0 Å². The number of ether oxygens (including phenoxy) is 2. The van der Waals surface area contributed by atoms with Gasteiger partial charge in [-0.1, -0.05) is 6.92 Å². The third kappa shape index (κ3) is 4.60. The van der Waals surface area contributed by atoms with Crippen LogP contribution in [0.4, 0.5) is 17.2 Å². The maximum absolute atomic E-state index is 5.74. The molecule has 1 atom stereocenters. The minimum absolute atomic E-state index is 0.209. The normalized spacial score (nSPS) is 21.1. The van der Waals surface area contributed by atoms with Crippen molar-refractivity contribution in [1.29, 1.82) is 0 Å². The molecule has 2 N–H and O–H groups in total. The van der Waals surface area contributed by atoms with E-state index < -0.39 is 0 Å². The Balaban J connectivity index is 1.32. The number of nitrogens with zero attached hydrogens (tertiary/aromatic N) is 4. The molecule has 2 aromatic rings. The number of fused-ring (bicyclic) bond motifs is 1. The maximum atomic E-state index is 5.74. The van der Waals surface area contributed by atoms with Crippen molar-refractivity contribution in [3.8, 4) is 5.75 Å². The van der Waals surface area contributed by atoms with Crippen molar-refractivity contribution in [2.45, 2.75) is 25.9 Å². The second-order valence-corrected chi connectivity index (χ2v) is 8.12. The smallest absolute Gasteiger partial charge is 0.135 e. The van der Waals surface area contributed by atoms with Crippen molar-refractivity contribution in [2.75, 3.05) is 68.6 Å². The Labute approximate surface area is 178 Å². The molecule has 1 fully saturated rings. The van der Waals surface area contributed by atoms with E-state index in [2.05, 4.69) is 56.4 Å². The van der Waals surface area contributed by atoms with Crippen molar-refractivity contribution >= 4 is 17.2 Å². The van der Waals surface area contributed by atoms with Gasteiger partial charge in [-0.2, -0.15) is 0 Å². The molecule has 1 unspecified atom stereocenters. The van der Waals surface area contributed by atoms with E-state index in [0.29, 0.717) is 13.2 Å². The van der Waals surface area contributed by atoms with E-state index >= 15 is 0 Å². The van der Waals surface area contributed by atoms with Crippen molar-refractivity contribution < 1.29 is 9.47 Å². The Bertz CT molecular complexity index is 855. The summed E-state index contributed by atoms with van der Waals surface area (Å²) in [7, 11) is 1.68. The van der Waals surface area contributed by atoms with E-state index in [4.69, 9.17) is 9.47 Å². The fourth-order valence-corrected chi connectivity index (χ4v) is 4.22. The minimum atomic E-state index is -0.209. The highest BCUT2D eigenvalue weighted by atomic mass is 16.5. The van der Waals surface area contributed by atoms with Crippen LogP contribution < -0.4 is 20.3 Å². The van der Waals surface area contributed by atoms with Crippen molar-refractivity contribution in [3.63, 3.8) is 0 Å². The fourth-order valence-electron chi connectivity index (χ4n) is 4.22. The number of aryl methyl sites for hydroxylation is 1. The first-order valence-corrected chi connectivity index (χ1v) is 10.7. The zero-order valence-electron chi connectivity index (χ0n) is 18.1. The summed E-state index contributed by atoms with van der Waals surface area (Å²) in [5, 5.41) is 7.30. The summed E-state index contributed by atoms with van der Waals surface area (Å²) in [6.07, 6.45) is 4.54. The van der Waals surface area contributed by atoms with Crippen LogP contribution in [-0.4, -0.2) is 73.6 Å². The van der Waals surface area contributed by atoms with Gasteiger partial charge in [0.15, 0.2) is 0 Å². The molecule has 1 aromatic heterocycles. The number of hydrogen-bond donors (Lipinski definition) is 2. The second-order valence-electron chi connectivity index (χ2n) is 8.12. The second kappa shape index (κ2) is 9.06. The molecule has 0 saturated carbocycles. The summed E-state index contributed by atoms with van der Waals surface area (Å²) < 4.78 is 10.8. The van der Waals surface area contributed by atoms with Crippen LogP contribution in [0.15, 0.2) is 30.7 Å². The quantitative estimate of drug-likeness (QED) is 0.641. The van der Waals surface area contributed by atoms with E-state index in [0.717, 1.165) is 62.1 Å². The lowest BCUT2D eigenvalue weighted by Gasteiger charge is -2.40. The van der Waals surface area contributed by atoms with Crippen LogP contribution in [0, 0.1) is 0 Å². The fraction of sp³-hybridized carbons (Fsp3) is 0.545. The highest BCUT2D eigenvalue weighted by Gasteiger charge is 2.34. The number of benzene rings is 1. The van der Waals surface area contributed by atoms with Gasteiger partial charge in [-0.3, -0.25) is 4.90 Å². The van der Waals surface area contributed by atoms with Gasteiger partial charge in [0.2, 0.25) is 0 Å². The number of piperazine rings is 1. The minimum Gasteiger partial charge on any atom is -0.491 e. The molecule has 0 radical (unpaired) electrons. The predicted octanol–water partition coefficient (Wildman–Crippen LogP) is 2.44. The monoisotopic (exact) mass is 412 g/mol. The molecular weight excluding hydrogens is 380 g/mol. The molecule has 0 amide bonds. The zero-order valence-corrected chi connectivity index (χ0v) is 18.1. The molecule has 3 heterocycles. The lowest BCUT2D eigenvalue weighted by molar-refractivity contribution is 0.146. The Morgan fingerprint density at radius 2 is 1.90 bits per heavy atom. The standard InChI is InChI=1S/C22H32N6O2/c1-4-17-14-23-16-24-21(17)28-9-7-27(8-10-28)15-22(2)25-19-6-5-18(13-20(19)26-22)30-12-11-29-3/h5-6,13-14,16,25-26H,4,7-12,15H2,1-3H3. The average molecular weight is 413 g/mol. The molecule has 1 aromatic carbocycles. The molecular formula is C22H32N6O2. The molecule has 4 rings (SSSR count). The van der Waals surface area contributed by atoms with E-state index in [9.17, 15) is 0 Å². The van der Waals surface area contributed by atoms with Crippen molar-refractivity contribution in [1.82, 2.24) is 14.9 Å². The van der Waals surface area contributed by atoms with Crippen LogP contribution >= 0.6 is 0 Å². The van der Waals surface area contributed by atoms with Crippen LogP contribution in [0.1, 0.15) is 19.4 Å². The highest BCUT2D eigenvalue weighted by Crippen LogP contribution is 2.37. The number of methoxy groups -OCH3 is 1. The number of anilines is 3. The third-order valence-corrected chi connectivity index (χ3v) is 5.73. The largest absolute Gasteiger partial charge is 0.491 e. The summed E-state index contributed by atoms with van der Waals surface area (Å²) in [6.45, 7) is 10.4. The Kier molecular flexibility index (Phi) is 6.24. The van der Waals surface area contributed by atoms with Crippen molar-refractivity contribution in [2.24, 2.45) is 0 Å². The Morgan fingerprint density at radius 3 is 2.67 bits per heavy atom. The number of rotatable bonds is 8. The molecule has 0 bridgehead atoms. The molecule has 0 aliphatic carbocycles. The lowest BCUT2D eigenvalue weighted by Crippen LogP contribution is -2.55. The van der Waals surface area contributed by atoms with Gasteiger partial charge in [0, 0.05) is 57.7 Å². The molecule has 30 heavy (non-hydrogen) atoms. The molecule has 8 nitrogen and oxygen atoms in total. The van der Waals surface area contributed by atoms with E-state index in [1.807, 2.05) is 12.3 Å². The Morgan fingerprint density at radius 1 is 1.10 bits per heavy atom. The van der Waals surface area contributed by atoms with Crippen molar-refractivity contribution in [3.05, 3.63) is 36.3 Å². The summed E-state index contributed by atoms with van der Waals surface area (Å²) >= 11 is 0. The molecule has 8 heteroatoms. The predicted molar refractivity (Wildman–Crippen MR) is 120 cm³/mol. The van der Waals surface area contributed by atoms with Crippen LogP contribution in [-0.2, 0) is 11.2 Å². The third-order valence-electron chi connectivity index (χ3n) is 5.73. The summed E-state index contributed by atoms with van der Waals surface area (Å²) in [5.74, 6) is 1.94. The lowest BCUT2D eigenvalue weighted by atomic mass is 10.1. The SMILES string of the molecule is CCc1cncnc1N1CCN(CC2(C)Nc3ccc(OCCOC)cc3N2)CC1. The topological polar surface area (TPSA) is 74.8 Å². The van der Waals surface area contributed by atoms with E-state index in [-0.39, 0.29) is 5.66 Å². The number of hydrogen-bond acceptors (Lipinski definition) is 8. The average Bonchev–Trinajstić information content (AvgIpc) is 3.09. The Hall–Kier alpha value is -2.58. The molecule has 2 aliphatic rings. The van der Waals surface area contributed by atoms with Gasteiger partial charge in [-0.25, -0.2) is 9.97 Å². The van der Waals surface area contributed by atoms with E-state index in [1.54, 1.807) is 13.4 Å². The van der Waals surface area contributed by atoms with Gasteiger partial charge in [-0.15, -0.1) is 0 Å². The zero-order chi connectivity index (χ0) is 21.0. The van der Waals surface area contributed by atoms with Gasteiger partial charge in [0.25, 0.3) is 0 Å². The van der Waals surface area contributed by atoms with E-state index in [1.165, 1.54) is 5.56 Å². The molecule has 2 aliphatic heterocycles. The van der Waals surface area contributed by atoms with Gasteiger partial charge < -0.3 is 25.0 Å². The van der Waals surface area contributed by atoms with Gasteiger partial charge in [0.1, 0.15) is 30.2 Å². The first-order valence-electron chi connectivity index (χ1n) is 10.7. The molecule has 0 spiro atoms. The number of aromatic nitrogens is 2. The first-order chi connectivity index (χ1) is 14.6. The first kappa shape index (κ1) is 20.7. The van der Waals surface area contributed by atoms with Crippen LogP contribution in [0.5, 0.6) is 5.75 Å². The molecule has 1 saturated heterocycles. The summed E-state index contributed by atoms with van der Waals surface area (Å²) in [4.78, 5) is 13.6. The summed E-state index contributed by atoms with van der Waals surface area (Å²) in [5.41, 5.74) is 3.21. The van der Waals surface area contributed by atoms with Gasteiger partial charge >= 0.3 is 0 Å². The molecule has 162 valence electrons. The van der Waals surface area contributed by atoms with Crippen LogP contribution in [0.2, 0.25) is 0 Å². The van der Waals surface area contributed by atoms with Crippen LogP contribution in [0.3, 0.4) is 0 Å². The number of nitrogens with one attached hydrogen (secondary N) is 2. The highest BCUT2D eigenvalue weighted by molar-refractivity contribution is 5.77. The maximum Gasteiger partial charge on any atom is 0.135 e.